The number of sulfonamides is 1. The van der Waals surface area contributed by atoms with Gasteiger partial charge in [-0.3, -0.25) is 19.8 Å². The fourth-order valence-corrected chi connectivity index (χ4v) is 7.21. The average Bonchev–Trinajstić information content (AvgIpc) is 2.99. The van der Waals surface area contributed by atoms with Crippen molar-refractivity contribution in [3.05, 3.63) is 54.4 Å². The average molecular weight is 673 g/mol. The summed E-state index contributed by atoms with van der Waals surface area (Å²) in [6, 6.07) is 10.0. The molecule has 2 fully saturated rings. The first kappa shape index (κ1) is 36.3. The normalized spacial score (nSPS) is 17.3. The van der Waals surface area contributed by atoms with Crippen LogP contribution in [-0.2, 0) is 14.8 Å². The molecule has 0 bridgehead atoms. The molecule has 1 aromatic heterocycles. The van der Waals surface area contributed by atoms with E-state index >= 15 is 0 Å². The Morgan fingerprint density at radius 3 is 2.16 bits per heavy atom. The summed E-state index contributed by atoms with van der Waals surface area (Å²) >= 11 is 0. The number of aromatic nitrogens is 1. The van der Waals surface area contributed by atoms with Crippen LogP contribution in [0.5, 0.6) is 5.75 Å². The number of hydroxylamine groups is 1. The molecule has 4 rings (SSSR count). The lowest BCUT2D eigenvalue weighted by molar-refractivity contribution is -0.136. The summed E-state index contributed by atoms with van der Waals surface area (Å²) in [7, 11) is -4.22. The fourth-order valence-electron chi connectivity index (χ4n) is 5.10. The number of carbonyl (C=O) groups is 2. The van der Waals surface area contributed by atoms with Gasteiger partial charge in [-0.25, -0.2) is 13.9 Å². The van der Waals surface area contributed by atoms with Crippen molar-refractivity contribution in [1.29, 1.82) is 0 Å². The summed E-state index contributed by atoms with van der Waals surface area (Å²) in [6.45, 7) is 0.790. The van der Waals surface area contributed by atoms with Crippen LogP contribution in [0.4, 0.5) is 18.9 Å². The minimum atomic E-state index is -4.22. The first-order valence-electron chi connectivity index (χ1n) is 13.1. The van der Waals surface area contributed by atoms with Crippen LogP contribution < -0.4 is 15.1 Å². The lowest BCUT2D eigenvalue weighted by atomic mass is 9.94. The number of pyridine rings is 1. The minimum absolute atomic E-state index is 0. The highest BCUT2D eigenvalue weighted by molar-refractivity contribution is 7.91. The van der Waals surface area contributed by atoms with Gasteiger partial charge in [0.1, 0.15) is 5.75 Å². The predicted molar refractivity (Wildman–Crippen MR) is 156 cm³/mol. The third-order valence-electron chi connectivity index (χ3n) is 7.43. The first-order valence-corrected chi connectivity index (χ1v) is 14.6. The number of halogens is 5. The molecule has 0 spiro atoms. The van der Waals surface area contributed by atoms with Gasteiger partial charge in [-0.2, -0.15) is 17.5 Å². The molecule has 3 heterocycles. The Hall–Kier alpha value is -2.85. The number of hydrogen-bond acceptors (Lipinski definition) is 8. The quantitative estimate of drug-likeness (QED) is 0.236. The smallest absolute Gasteiger partial charge is 0.389 e. The predicted octanol–water partition coefficient (Wildman–Crippen LogP) is 3.28. The lowest BCUT2D eigenvalue weighted by Crippen LogP contribution is -2.64. The van der Waals surface area contributed by atoms with Crippen molar-refractivity contribution in [3.8, 4) is 5.75 Å². The van der Waals surface area contributed by atoms with Crippen molar-refractivity contribution in [3.63, 3.8) is 0 Å². The van der Waals surface area contributed by atoms with Crippen LogP contribution in [0.3, 0.4) is 0 Å². The lowest BCUT2D eigenvalue weighted by Gasteiger charge is -2.44. The number of ether oxygens (including phenoxy) is 1. The number of piperidine rings is 1. The highest BCUT2D eigenvalue weighted by Crippen LogP contribution is 2.35. The summed E-state index contributed by atoms with van der Waals surface area (Å²) in [4.78, 5) is 33.0. The first-order chi connectivity index (χ1) is 19.5. The molecule has 2 aliphatic rings. The van der Waals surface area contributed by atoms with Crippen LogP contribution in [-0.4, -0.2) is 96.4 Å². The van der Waals surface area contributed by atoms with Crippen LogP contribution in [0, 0.1) is 0 Å². The number of carbonyl (C=O) groups excluding carboxylic acids is 2. The van der Waals surface area contributed by atoms with Gasteiger partial charge in [-0.05, 0) is 55.7 Å². The Morgan fingerprint density at radius 1 is 1.00 bits per heavy atom. The zero-order valence-corrected chi connectivity index (χ0v) is 25.5. The molecule has 17 heteroatoms. The molecule has 240 valence electrons. The molecule has 0 radical (unpaired) electrons. The SMILES string of the molecule is Cl.Cl.O=C(c1cccnc1)N1CCC(C(=O)NO)(S(=O)(=O)N2CCN(c3ccc(OCCCC(F)(F)F)cc3)CC2)CC1. The Kier molecular flexibility index (Phi) is 12.9. The van der Waals surface area contributed by atoms with Crippen molar-refractivity contribution < 1.29 is 41.1 Å². The summed E-state index contributed by atoms with van der Waals surface area (Å²) in [5.41, 5.74) is 2.67. The van der Waals surface area contributed by atoms with Crippen LogP contribution in [0.2, 0.25) is 0 Å². The Labute approximate surface area is 260 Å². The molecule has 2 aliphatic heterocycles. The maximum atomic E-state index is 13.8. The summed E-state index contributed by atoms with van der Waals surface area (Å²) in [5.74, 6) is -0.915. The van der Waals surface area contributed by atoms with E-state index in [0.717, 1.165) is 5.69 Å². The highest BCUT2D eigenvalue weighted by atomic mass is 35.5. The number of alkyl halides is 3. The van der Waals surface area contributed by atoms with E-state index in [1.807, 2.05) is 4.90 Å². The van der Waals surface area contributed by atoms with Gasteiger partial charge in [-0.1, -0.05) is 0 Å². The largest absolute Gasteiger partial charge is 0.494 e. The zero-order chi connectivity index (χ0) is 29.7. The Morgan fingerprint density at radius 2 is 1.63 bits per heavy atom. The van der Waals surface area contributed by atoms with E-state index in [9.17, 15) is 36.4 Å². The number of hydrogen-bond donors (Lipinski definition) is 2. The van der Waals surface area contributed by atoms with Crippen molar-refractivity contribution >= 4 is 52.3 Å². The van der Waals surface area contributed by atoms with E-state index in [2.05, 4.69) is 4.98 Å². The van der Waals surface area contributed by atoms with Crippen molar-refractivity contribution in [2.45, 2.75) is 36.6 Å². The number of rotatable bonds is 9. The number of amides is 2. The zero-order valence-electron chi connectivity index (χ0n) is 23.0. The second-order valence-electron chi connectivity index (χ2n) is 9.92. The van der Waals surface area contributed by atoms with Crippen LogP contribution in [0.1, 0.15) is 36.0 Å². The van der Waals surface area contributed by atoms with Crippen molar-refractivity contribution in [2.75, 3.05) is 50.8 Å². The number of anilines is 1. The van der Waals surface area contributed by atoms with E-state index in [1.165, 1.54) is 27.1 Å². The molecule has 2 amide bonds. The van der Waals surface area contributed by atoms with Gasteiger partial charge < -0.3 is 14.5 Å². The third-order valence-corrected chi connectivity index (χ3v) is 10.1. The maximum absolute atomic E-state index is 13.8. The van der Waals surface area contributed by atoms with Crippen LogP contribution in [0.15, 0.2) is 48.8 Å². The molecule has 2 aromatic rings. The number of nitrogens with zero attached hydrogens (tertiary/aromatic N) is 4. The van der Waals surface area contributed by atoms with Gasteiger partial charge >= 0.3 is 6.18 Å². The third kappa shape index (κ3) is 8.41. The van der Waals surface area contributed by atoms with E-state index in [-0.39, 0.29) is 82.8 Å². The molecule has 11 nitrogen and oxygen atoms in total. The maximum Gasteiger partial charge on any atom is 0.389 e. The second kappa shape index (κ2) is 15.2. The Balaban J connectivity index is 0.00000323. The van der Waals surface area contributed by atoms with E-state index in [1.54, 1.807) is 36.4 Å². The van der Waals surface area contributed by atoms with Crippen LogP contribution in [0.25, 0.3) is 0 Å². The van der Waals surface area contributed by atoms with Gasteiger partial charge in [0.15, 0.2) is 4.75 Å². The van der Waals surface area contributed by atoms with Gasteiger partial charge in [0.05, 0.1) is 12.2 Å². The van der Waals surface area contributed by atoms with Crippen LogP contribution >= 0.6 is 24.8 Å². The molecule has 43 heavy (non-hydrogen) atoms. The number of piperazine rings is 1. The fraction of sp³-hybridized carbons (Fsp3) is 0.500. The number of likely N-dealkylation sites (tertiary alicyclic amines) is 1. The molecule has 2 saturated heterocycles. The summed E-state index contributed by atoms with van der Waals surface area (Å²) in [6.07, 6.45) is -2.69. The molecule has 0 aliphatic carbocycles. The number of benzene rings is 1. The van der Waals surface area contributed by atoms with E-state index in [0.29, 0.717) is 24.4 Å². The second-order valence-corrected chi connectivity index (χ2v) is 12.2. The van der Waals surface area contributed by atoms with E-state index < -0.39 is 33.3 Å². The molecular formula is C26H34Cl2F3N5O6S. The minimum Gasteiger partial charge on any atom is -0.494 e. The van der Waals surface area contributed by atoms with Gasteiger partial charge in [0, 0.05) is 63.8 Å². The van der Waals surface area contributed by atoms with Crippen molar-refractivity contribution in [1.82, 2.24) is 19.7 Å². The Bertz CT molecular complexity index is 1310. The number of nitrogens with one attached hydrogen (secondary N) is 1. The molecule has 0 unspecified atom stereocenters. The highest BCUT2D eigenvalue weighted by Gasteiger charge is 2.55. The summed E-state index contributed by atoms with van der Waals surface area (Å²) in [5, 5.41) is 9.44. The molecular weight excluding hydrogens is 638 g/mol. The molecule has 2 N–H and O–H groups in total. The summed E-state index contributed by atoms with van der Waals surface area (Å²) < 4.78 is 69.2. The van der Waals surface area contributed by atoms with Gasteiger partial charge in [0.25, 0.3) is 11.8 Å². The topological polar surface area (TPSA) is 132 Å². The van der Waals surface area contributed by atoms with E-state index in [4.69, 9.17) is 4.74 Å². The van der Waals surface area contributed by atoms with Gasteiger partial charge in [-0.15, -0.1) is 24.8 Å². The molecule has 0 atom stereocenters. The molecule has 0 saturated carbocycles. The van der Waals surface area contributed by atoms with Crippen molar-refractivity contribution in [2.24, 2.45) is 0 Å². The monoisotopic (exact) mass is 671 g/mol. The standard InChI is InChI=1S/C26H32F3N5O6S.2ClH/c27-26(28,29)8-2-18-40-22-6-4-21(5-7-22)32-14-16-34(17-15-32)41(38,39)25(24(36)31-37)9-12-33(13-10-25)23(35)20-3-1-11-30-19-20;;/h1,3-7,11,19,37H,2,8-10,12-18H2,(H,31,36);2*1H. The van der Waals surface area contributed by atoms with Gasteiger partial charge in [0.2, 0.25) is 10.0 Å². The molecule has 1 aromatic carbocycles.